The Balaban J connectivity index is 1.62. The Bertz CT molecular complexity index is 531. The summed E-state index contributed by atoms with van der Waals surface area (Å²) in [5, 5.41) is 7.61. The van der Waals surface area contributed by atoms with Crippen molar-refractivity contribution >= 4 is 11.7 Å². The van der Waals surface area contributed by atoms with E-state index in [0.29, 0.717) is 11.8 Å². The maximum absolute atomic E-state index is 12.5. The highest BCUT2D eigenvalue weighted by Gasteiger charge is 2.27. The zero-order chi connectivity index (χ0) is 16.2. The molecule has 1 aromatic heterocycles. The van der Waals surface area contributed by atoms with E-state index in [9.17, 15) is 4.79 Å². The van der Waals surface area contributed by atoms with Crippen LogP contribution in [0.3, 0.4) is 0 Å². The number of hydrogen-bond donors (Lipinski definition) is 1. The predicted molar refractivity (Wildman–Crippen MR) is 87.3 cm³/mol. The van der Waals surface area contributed by atoms with Crippen molar-refractivity contribution in [2.24, 2.45) is 18.9 Å². The van der Waals surface area contributed by atoms with Crippen LogP contribution in [0.4, 0.5) is 5.82 Å². The molecule has 0 aromatic carbocycles. The monoisotopic (exact) mass is 321 g/mol. The molecule has 0 aliphatic carbocycles. The lowest BCUT2D eigenvalue weighted by molar-refractivity contribution is -0.122. The van der Waals surface area contributed by atoms with Gasteiger partial charge in [0.2, 0.25) is 5.91 Å². The molecular weight excluding hydrogens is 294 g/mol. The minimum Gasteiger partial charge on any atom is -0.381 e. The second-order valence-electron chi connectivity index (χ2n) is 6.72. The number of aromatic nitrogens is 2. The molecule has 6 nitrogen and oxygen atoms in total. The second kappa shape index (κ2) is 7.45. The van der Waals surface area contributed by atoms with E-state index in [4.69, 9.17) is 9.47 Å². The van der Waals surface area contributed by atoms with Crippen molar-refractivity contribution in [1.29, 1.82) is 0 Å². The maximum Gasteiger partial charge on any atom is 0.228 e. The highest BCUT2D eigenvalue weighted by atomic mass is 16.5. The van der Waals surface area contributed by atoms with E-state index >= 15 is 0 Å². The van der Waals surface area contributed by atoms with Gasteiger partial charge >= 0.3 is 0 Å². The first-order valence-corrected chi connectivity index (χ1v) is 8.65. The van der Waals surface area contributed by atoms with Gasteiger partial charge in [0.15, 0.2) is 0 Å². The lowest BCUT2D eigenvalue weighted by Gasteiger charge is -2.26. The first-order valence-electron chi connectivity index (χ1n) is 8.65. The Morgan fingerprint density at radius 1 is 1.30 bits per heavy atom. The Morgan fingerprint density at radius 3 is 2.78 bits per heavy atom. The SMILES string of the molecule is C[C@H](C(=O)Nc1cc([C@@H]2CCCOC2)nn1C)C1CCOCC1. The third-order valence-corrected chi connectivity index (χ3v) is 5.12. The third kappa shape index (κ3) is 3.93. The third-order valence-electron chi connectivity index (χ3n) is 5.12. The molecule has 2 aliphatic rings. The van der Waals surface area contributed by atoms with Crippen molar-refractivity contribution in [1.82, 2.24) is 9.78 Å². The highest BCUT2D eigenvalue weighted by Crippen LogP contribution is 2.28. The summed E-state index contributed by atoms with van der Waals surface area (Å²) in [6.07, 6.45) is 4.10. The molecule has 2 atom stereocenters. The van der Waals surface area contributed by atoms with E-state index in [1.54, 1.807) is 4.68 Å². The van der Waals surface area contributed by atoms with Gasteiger partial charge < -0.3 is 14.8 Å². The molecule has 2 aliphatic heterocycles. The average molecular weight is 321 g/mol. The molecule has 3 rings (SSSR count). The van der Waals surface area contributed by atoms with Gasteiger partial charge in [0.25, 0.3) is 0 Å². The smallest absolute Gasteiger partial charge is 0.228 e. The number of rotatable bonds is 4. The predicted octanol–water partition coefficient (Wildman–Crippen LogP) is 2.32. The zero-order valence-corrected chi connectivity index (χ0v) is 14.1. The molecule has 0 bridgehead atoms. The Kier molecular flexibility index (Phi) is 5.33. The quantitative estimate of drug-likeness (QED) is 0.924. The van der Waals surface area contributed by atoms with Crippen LogP contribution >= 0.6 is 0 Å². The summed E-state index contributed by atoms with van der Waals surface area (Å²) in [6.45, 7) is 5.11. The molecule has 1 aromatic rings. The van der Waals surface area contributed by atoms with Crippen LogP contribution in [0.25, 0.3) is 0 Å². The standard InChI is InChI=1S/C17H27N3O3/c1-12(13-5-8-22-9-6-13)17(21)18-16-10-15(19-20(16)2)14-4-3-7-23-11-14/h10,12-14H,3-9,11H2,1-2H3,(H,18,21)/t12-,14+/m0/s1. The van der Waals surface area contributed by atoms with Crippen LogP contribution in [-0.4, -0.2) is 42.1 Å². The van der Waals surface area contributed by atoms with Crippen molar-refractivity contribution < 1.29 is 14.3 Å². The summed E-state index contributed by atoms with van der Waals surface area (Å²) in [7, 11) is 1.88. The highest BCUT2D eigenvalue weighted by molar-refractivity contribution is 5.91. The molecule has 1 amide bonds. The molecule has 2 saturated heterocycles. The Hall–Kier alpha value is -1.40. The number of aryl methyl sites for hydroxylation is 1. The second-order valence-corrected chi connectivity index (χ2v) is 6.72. The number of carbonyl (C=O) groups excluding carboxylic acids is 1. The van der Waals surface area contributed by atoms with Crippen LogP contribution in [-0.2, 0) is 21.3 Å². The summed E-state index contributed by atoms with van der Waals surface area (Å²) >= 11 is 0. The topological polar surface area (TPSA) is 65.4 Å². The molecule has 0 unspecified atom stereocenters. The Labute approximate surface area is 137 Å². The number of nitrogens with zero attached hydrogens (tertiary/aromatic N) is 2. The van der Waals surface area contributed by atoms with Crippen LogP contribution in [0.15, 0.2) is 6.07 Å². The molecule has 0 spiro atoms. The van der Waals surface area contributed by atoms with Crippen LogP contribution in [0.2, 0.25) is 0 Å². The van der Waals surface area contributed by atoms with Crippen LogP contribution in [0.5, 0.6) is 0 Å². The van der Waals surface area contributed by atoms with Gasteiger partial charge in [0.05, 0.1) is 12.3 Å². The van der Waals surface area contributed by atoms with E-state index in [0.717, 1.165) is 63.6 Å². The summed E-state index contributed by atoms with van der Waals surface area (Å²) in [4.78, 5) is 12.5. The molecule has 6 heteroatoms. The lowest BCUT2D eigenvalue weighted by Crippen LogP contribution is -2.31. The van der Waals surface area contributed by atoms with Crippen molar-refractivity contribution in [3.63, 3.8) is 0 Å². The van der Waals surface area contributed by atoms with E-state index < -0.39 is 0 Å². The number of anilines is 1. The fraction of sp³-hybridized carbons (Fsp3) is 0.765. The van der Waals surface area contributed by atoms with Gasteiger partial charge in [-0.3, -0.25) is 9.48 Å². The lowest BCUT2D eigenvalue weighted by atomic mass is 9.87. The molecule has 2 fully saturated rings. The fourth-order valence-electron chi connectivity index (χ4n) is 3.45. The minimum absolute atomic E-state index is 0.00439. The number of carbonyl (C=O) groups is 1. The maximum atomic E-state index is 12.5. The molecule has 128 valence electrons. The van der Waals surface area contributed by atoms with E-state index in [2.05, 4.69) is 10.4 Å². The van der Waals surface area contributed by atoms with Crippen LogP contribution in [0.1, 0.15) is 44.2 Å². The van der Waals surface area contributed by atoms with Gasteiger partial charge in [0, 0.05) is 44.8 Å². The zero-order valence-electron chi connectivity index (χ0n) is 14.1. The minimum atomic E-state index is -0.00439. The van der Waals surface area contributed by atoms with Gasteiger partial charge in [-0.1, -0.05) is 6.92 Å². The molecule has 3 heterocycles. The average Bonchev–Trinajstić information content (AvgIpc) is 2.96. The van der Waals surface area contributed by atoms with Crippen molar-refractivity contribution in [2.75, 3.05) is 31.7 Å². The summed E-state index contributed by atoms with van der Waals surface area (Å²) < 4.78 is 12.7. The Morgan fingerprint density at radius 2 is 2.09 bits per heavy atom. The van der Waals surface area contributed by atoms with Gasteiger partial charge in [0.1, 0.15) is 5.82 Å². The fourth-order valence-corrected chi connectivity index (χ4v) is 3.45. The normalized spacial score (nSPS) is 24.3. The first-order chi connectivity index (χ1) is 11.1. The number of hydrogen-bond acceptors (Lipinski definition) is 4. The number of amides is 1. The van der Waals surface area contributed by atoms with Gasteiger partial charge in [-0.2, -0.15) is 5.10 Å². The number of ether oxygens (including phenoxy) is 2. The van der Waals surface area contributed by atoms with Gasteiger partial charge in [-0.05, 0) is 31.6 Å². The first kappa shape index (κ1) is 16.5. The van der Waals surface area contributed by atoms with Crippen molar-refractivity contribution in [2.45, 2.75) is 38.5 Å². The molecule has 0 radical (unpaired) electrons. The molecule has 23 heavy (non-hydrogen) atoms. The number of nitrogens with one attached hydrogen (secondary N) is 1. The van der Waals surface area contributed by atoms with Crippen molar-refractivity contribution in [3.05, 3.63) is 11.8 Å². The summed E-state index contributed by atoms with van der Waals surface area (Å²) in [5.74, 6) is 1.59. The molecule has 1 N–H and O–H groups in total. The molecular formula is C17H27N3O3. The van der Waals surface area contributed by atoms with E-state index in [1.165, 1.54) is 0 Å². The van der Waals surface area contributed by atoms with Gasteiger partial charge in [-0.15, -0.1) is 0 Å². The summed E-state index contributed by atoms with van der Waals surface area (Å²) in [6, 6.07) is 1.99. The molecule has 0 saturated carbocycles. The largest absolute Gasteiger partial charge is 0.381 e. The summed E-state index contributed by atoms with van der Waals surface area (Å²) in [5.41, 5.74) is 1.02. The van der Waals surface area contributed by atoms with E-state index in [1.807, 2.05) is 20.0 Å². The van der Waals surface area contributed by atoms with Crippen LogP contribution in [0, 0.1) is 11.8 Å². The van der Waals surface area contributed by atoms with Crippen LogP contribution < -0.4 is 5.32 Å². The van der Waals surface area contributed by atoms with Crippen molar-refractivity contribution in [3.8, 4) is 0 Å². The van der Waals surface area contributed by atoms with E-state index in [-0.39, 0.29) is 11.8 Å². The van der Waals surface area contributed by atoms with Gasteiger partial charge in [-0.25, -0.2) is 0 Å².